The van der Waals surface area contributed by atoms with E-state index in [4.69, 9.17) is 4.74 Å². The van der Waals surface area contributed by atoms with Crippen molar-refractivity contribution >= 4 is 29.1 Å². The summed E-state index contributed by atoms with van der Waals surface area (Å²) in [6.45, 7) is 9.64. The van der Waals surface area contributed by atoms with Crippen LogP contribution in [-0.4, -0.2) is 85.8 Å². The number of nitrogens with one attached hydrogen (secondary N) is 2. The van der Waals surface area contributed by atoms with Crippen LogP contribution in [-0.2, 0) is 9.53 Å². The second kappa shape index (κ2) is 18.4. The molecule has 2 amide bonds. The Balaban J connectivity index is 0.000000284. The summed E-state index contributed by atoms with van der Waals surface area (Å²) in [4.78, 5) is 35.3. The Kier molecular flexibility index (Phi) is 15.0. The molecule has 43 heavy (non-hydrogen) atoms. The van der Waals surface area contributed by atoms with E-state index in [0.29, 0.717) is 11.6 Å². The number of hydrogen-bond donors (Lipinski definition) is 2. The van der Waals surface area contributed by atoms with Gasteiger partial charge in [0.15, 0.2) is 0 Å². The second-order valence-electron chi connectivity index (χ2n) is 10.0. The number of alkyl carbamates (subject to hydrolysis) is 1. The van der Waals surface area contributed by atoms with E-state index in [-0.39, 0.29) is 12.5 Å². The van der Waals surface area contributed by atoms with Gasteiger partial charge in [-0.1, -0.05) is 57.2 Å². The van der Waals surface area contributed by atoms with Crippen LogP contribution in [0.15, 0.2) is 60.5 Å². The number of allylic oxidation sites excluding steroid dienone is 2. The summed E-state index contributed by atoms with van der Waals surface area (Å²) in [5.74, 6) is 0.864. The first kappa shape index (κ1) is 35.1. The molecule has 3 heterocycles. The van der Waals surface area contributed by atoms with E-state index in [1.807, 2.05) is 63.4 Å². The molecule has 2 N–H and O–H groups in total. The Labute approximate surface area is 257 Å². The number of methoxy groups -OCH3 is 2. The first-order chi connectivity index (χ1) is 20.8. The van der Waals surface area contributed by atoms with Crippen LogP contribution in [0.5, 0.6) is 5.75 Å². The van der Waals surface area contributed by atoms with Gasteiger partial charge in [-0.05, 0) is 58.0 Å². The normalized spacial score (nSPS) is 15.0. The number of likely N-dealkylation sites (tertiary alicyclic amines) is 1. The molecule has 9 nitrogen and oxygen atoms in total. The fraction of sp³-hybridized carbons (Fsp3) is 0.441. The van der Waals surface area contributed by atoms with Gasteiger partial charge in [-0.2, -0.15) is 0 Å². The number of aromatic amines is 1. The molecule has 1 fully saturated rings. The zero-order valence-electron chi connectivity index (χ0n) is 27.1. The minimum absolute atomic E-state index is 0.00421. The van der Waals surface area contributed by atoms with Gasteiger partial charge in [0.05, 0.1) is 20.8 Å². The van der Waals surface area contributed by atoms with Crippen molar-refractivity contribution in [2.45, 2.75) is 53.0 Å². The standard InChI is InChI=1S/C18H18N2O.C14H25N3O3.C2H6/c1-3-4-7-13-10-15-16(12-20-18(15)19-11-13)14-8-5-6-9-17(14)21-2;1-5-11(9-15-14(19)20-4)13(18)17-8-6-7-12(10-17)16(2)3;1-2/h4-12H,3H2,1-2H3,(H,19,20);5,12H,6-10H2,1-4H3,(H,15,19);1-2H3/b7-4+;11-5+;. The third-order valence-corrected chi connectivity index (χ3v) is 7.14. The number of amides is 2. The number of fused-ring (bicyclic) bond motifs is 1. The van der Waals surface area contributed by atoms with Gasteiger partial charge < -0.3 is 29.6 Å². The van der Waals surface area contributed by atoms with E-state index < -0.39 is 6.09 Å². The predicted molar refractivity (Wildman–Crippen MR) is 176 cm³/mol. The van der Waals surface area contributed by atoms with Crippen LogP contribution in [0.2, 0.25) is 0 Å². The summed E-state index contributed by atoms with van der Waals surface area (Å²) in [6.07, 6.45) is 12.5. The van der Waals surface area contributed by atoms with Crippen molar-refractivity contribution < 1.29 is 19.1 Å². The van der Waals surface area contributed by atoms with Gasteiger partial charge in [-0.3, -0.25) is 4.79 Å². The number of piperidine rings is 1. The maximum absolute atomic E-state index is 12.4. The van der Waals surface area contributed by atoms with Gasteiger partial charge in [0, 0.05) is 53.6 Å². The smallest absolute Gasteiger partial charge is 0.407 e. The molecule has 1 atom stereocenters. The van der Waals surface area contributed by atoms with Gasteiger partial charge in [-0.15, -0.1) is 0 Å². The summed E-state index contributed by atoms with van der Waals surface area (Å²) < 4.78 is 9.97. The maximum atomic E-state index is 12.4. The average Bonchev–Trinajstić information content (AvgIpc) is 3.48. The Morgan fingerprint density at radius 2 is 1.93 bits per heavy atom. The predicted octanol–water partition coefficient (Wildman–Crippen LogP) is 6.53. The number of para-hydroxylation sites is 1. The number of rotatable bonds is 8. The minimum atomic E-state index is -0.526. The molecule has 1 saturated heterocycles. The van der Waals surface area contributed by atoms with Gasteiger partial charge in [0.1, 0.15) is 11.4 Å². The van der Waals surface area contributed by atoms with Gasteiger partial charge in [-0.25, -0.2) is 9.78 Å². The van der Waals surface area contributed by atoms with Crippen molar-refractivity contribution in [3.05, 3.63) is 66.0 Å². The molecular weight excluding hydrogens is 542 g/mol. The van der Waals surface area contributed by atoms with Crippen molar-refractivity contribution in [2.75, 3.05) is 47.9 Å². The maximum Gasteiger partial charge on any atom is 0.407 e. The number of nitrogens with zero attached hydrogens (tertiary/aromatic N) is 3. The minimum Gasteiger partial charge on any atom is -0.496 e. The molecule has 1 aromatic carbocycles. The second-order valence-corrected chi connectivity index (χ2v) is 10.0. The number of ether oxygens (including phenoxy) is 2. The monoisotopic (exact) mass is 591 g/mol. The molecule has 2 aromatic heterocycles. The van der Waals surface area contributed by atoms with Crippen molar-refractivity contribution in [2.24, 2.45) is 0 Å². The molecule has 9 heteroatoms. The fourth-order valence-corrected chi connectivity index (χ4v) is 4.76. The van der Waals surface area contributed by atoms with Crippen molar-refractivity contribution in [3.8, 4) is 16.9 Å². The largest absolute Gasteiger partial charge is 0.496 e. The topological polar surface area (TPSA) is 99.8 Å². The van der Waals surface area contributed by atoms with Crippen molar-refractivity contribution in [3.63, 3.8) is 0 Å². The number of carbonyl (C=O) groups excluding carboxylic acids is 2. The van der Waals surface area contributed by atoms with E-state index in [1.54, 1.807) is 20.1 Å². The SMILES string of the molecule is C/C=C(\CNC(=O)OC)C(=O)N1CCCC(N(C)C)C1.CC.CC/C=C/c1cnc2[nH]cc(-c3ccccc3OC)c2c1. The molecule has 3 aromatic rings. The van der Waals surface area contributed by atoms with E-state index in [0.717, 1.165) is 65.8 Å². The molecule has 1 unspecified atom stereocenters. The van der Waals surface area contributed by atoms with Crippen LogP contribution in [0.4, 0.5) is 4.79 Å². The van der Waals surface area contributed by atoms with Gasteiger partial charge in [0.25, 0.3) is 5.91 Å². The summed E-state index contributed by atoms with van der Waals surface area (Å²) in [7, 11) is 7.07. The highest BCUT2D eigenvalue weighted by molar-refractivity contribution is 5.96. The van der Waals surface area contributed by atoms with E-state index in [1.165, 1.54) is 7.11 Å². The van der Waals surface area contributed by atoms with E-state index in [2.05, 4.69) is 56.1 Å². The first-order valence-electron chi connectivity index (χ1n) is 15.0. The molecule has 1 aliphatic heterocycles. The number of benzene rings is 1. The lowest BCUT2D eigenvalue weighted by Crippen LogP contribution is -2.48. The third kappa shape index (κ3) is 9.99. The van der Waals surface area contributed by atoms with Crippen molar-refractivity contribution in [1.29, 1.82) is 0 Å². The van der Waals surface area contributed by atoms with Crippen LogP contribution in [0.25, 0.3) is 28.2 Å². The number of likely N-dealkylation sites (N-methyl/N-ethyl adjacent to an activating group) is 1. The lowest BCUT2D eigenvalue weighted by atomic mass is 10.0. The highest BCUT2D eigenvalue weighted by Gasteiger charge is 2.26. The van der Waals surface area contributed by atoms with Crippen LogP contribution in [0.3, 0.4) is 0 Å². The molecule has 0 radical (unpaired) electrons. The highest BCUT2D eigenvalue weighted by Crippen LogP contribution is 2.34. The number of aromatic nitrogens is 2. The Morgan fingerprint density at radius 1 is 1.19 bits per heavy atom. The fourth-order valence-electron chi connectivity index (χ4n) is 4.76. The lowest BCUT2D eigenvalue weighted by Gasteiger charge is -2.36. The summed E-state index contributed by atoms with van der Waals surface area (Å²) >= 11 is 0. The summed E-state index contributed by atoms with van der Waals surface area (Å²) in [6, 6.07) is 10.6. The zero-order valence-corrected chi connectivity index (χ0v) is 27.1. The Hall–Kier alpha value is -4.11. The molecule has 0 spiro atoms. The summed E-state index contributed by atoms with van der Waals surface area (Å²) in [5.41, 5.74) is 4.78. The number of H-pyrrole nitrogens is 1. The third-order valence-electron chi connectivity index (χ3n) is 7.14. The van der Waals surface area contributed by atoms with E-state index in [9.17, 15) is 9.59 Å². The summed E-state index contributed by atoms with van der Waals surface area (Å²) in [5, 5.41) is 3.66. The van der Waals surface area contributed by atoms with Crippen molar-refractivity contribution in [1.82, 2.24) is 25.1 Å². The van der Waals surface area contributed by atoms with Crippen LogP contribution < -0.4 is 10.1 Å². The molecular formula is C34H49N5O4. The number of hydrogen-bond acceptors (Lipinski definition) is 6. The zero-order chi connectivity index (χ0) is 31.8. The average molecular weight is 592 g/mol. The van der Waals surface area contributed by atoms with E-state index >= 15 is 0 Å². The van der Waals surface area contributed by atoms with Crippen LogP contribution in [0.1, 0.15) is 52.5 Å². The molecule has 0 saturated carbocycles. The van der Waals surface area contributed by atoms with Crippen LogP contribution >= 0.6 is 0 Å². The Bertz CT molecular complexity index is 1360. The molecule has 4 rings (SSSR count). The van der Waals surface area contributed by atoms with Gasteiger partial charge in [0.2, 0.25) is 0 Å². The number of carbonyl (C=O) groups is 2. The molecule has 0 bridgehead atoms. The molecule has 234 valence electrons. The van der Waals surface area contributed by atoms with Gasteiger partial charge >= 0.3 is 6.09 Å². The number of pyridine rings is 1. The molecule has 1 aliphatic rings. The highest BCUT2D eigenvalue weighted by atomic mass is 16.5. The first-order valence-corrected chi connectivity index (χ1v) is 15.0. The Morgan fingerprint density at radius 3 is 2.58 bits per heavy atom. The molecule has 0 aliphatic carbocycles. The quantitative estimate of drug-likeness (QED) is 0.289. The van der Waals surface area contributed by atoms with Crippen LogP contribution in [0, 0.1) is 0 Å². The lowest BCUT2D eigenvalue weighted by molar-refractivity contribution is -0.129.